The predicted octanol–water partition coefficient (Wildman–Crippen LogP) is 4.16. The van der Waals surface area contributed by atoms with Crippen molar-refractivity contribution in [1.29, 1.82) is 0 Å². The summed E-state index contributed by atoms with van der Waals surface area (Å²) in [5.74, 6) is 1.70. The summed E-state index contributed by atoms with van der Waals surface area (Å²) >= 11 is 0. The Morgan fingerprint density at radius 2 is 2.07 bits per heavy atom. The maximum atomic E-state index is 12.1. The Hall–Kier alpha value is -1.35. The Bertz CT molecular complexity index is 633. The van der Waals surface area contributed by atoms with Gasteiger partial charge in [0, 0.05) is 37.9 Å². The zero-order valence-corrected chi connectivity index (χ0v) is 20.3. The van der Waals surface area contributed by atoms with E-state index in [0.29, 0.717) is 12.5 Å². The molecule has 1 aromatic rings. The lowest BCUT2D eigenvalue weighted by Gasteiger charge is -2.24. The number of hydrogen-bond donors (Lipinski definition) is 3. The number of nitrogens with one attached hydrogen (secondary N) is 3. The van der Waals surface area contributed by atoms with E-state index >= 15 is 0 Å². The highest BCUT2D eigenvalue weighted by atomic mass is 127. The van der Waals surface area contributed by atoms with Gasteiger partial charge in [-0.15, -0.1) is 24.0 Å². The predicted molar refractivity (Wildman–Crippen MR) is 131 cm³/mol. The van der Waals surface area contributed by atoms with E-state index in [1.807, 2.05) is 24.3 Å². The second-order valence-corrected chi connectivity index (χ2v) is 7.76. The summed E-state index contributed by atoms with van der Waals surface area (Å²) in [6, 6.07) is 7.94. The fourth-order valence-corrected chi connectivity index (χ4v) is 2.87. The van der Waals surface area contributed by atoms with Gasteiger partial charge in [0.05, 0.1) is 6.54 Å². The molecule has 1 aromatic carbocycles. The van der Waals surface area contributed by atoms with Crippen LogP contribution in [0.2, 0.25) is 0 Å². The van der Waals surface area contributed by atoms with Crippen LogP contribution in [0.25, 0.3) is 0 Å². The van der Waals surface area contributed by atoms with Crippen LogP contribution >= 0.6 is 24.0 Å². The molecule has 2 rings (SSSR count). The maximum Gasteiger partial charge on any atom is 0.227 e. The average molecular weight is 516 g/mol. The fourth-order valence-electron chi connectivity index (χ4n) is 2.87. The van der Waals surface area contributed by atoms with Gasteiger partial charge in [0.25, 0.3) is 0 Å². The highest BCUT2D eigenvalue weighted by Gasteiger charge is 2.25. The Labute approximate surface area is 192 Å². The first-order valence-corrected chi connectivity index (χ1v) is 10.6. The summed E-state index contributed by atoms with van der Waals surface area (Å²) in [6.45, 7) is 10.1. The fraction of sp³-hybridized carbons (Fsp3) is 0.636. The van der Waals surface area contributed by atoms with Crippen LogP contribution in [0.5, 0.6) is 0 Å². The number of hydrogen-bond acceptors (Lipinski definition) is 3. The van der Waals surface area contributed by atoms with Crippen molar-refractivity contribution in [2.45, 2.75) is 53.0 Å². The van der Waals surface area contributed by atoms with Crippen molar-refractivity contribution in [1.82, 2.24) is 10.6 Å². The summed E-state index contributed by atoms with van der Waals surface area (Å²) in [6.07, 6.45) is 4.13. The maximum absolute atomic E-state index is 12.1. The van der Waals surface area contributed by atoms with Crippen LogP contribution in [0.3, 0.4) is 0 Å². The summed E-state index contributed by atoms with van der Waals surface area (Å²) in [5, 5.41) is 9.64. The molecule has 1 aliphatic rings. The number of guanidine groups is 1. The molecule has 7 heteroatoms. The zero-order valence-electron chi connectivity index (χ0n) is 18.0. The minimum atomic E-state index is 0. The molecule has 0 atom stereocenters. The molecule has 0 bridgehead atoms. The van der Waals surface area contributed by atoms with Crippen molar-refractivity contribution in [2.75, 3.05) is 31.6 Å². The lowest BCUT2D eigenvalue weighted by Crippen LogP contribution is -2.38. The Morgan fingerprint density at radius 3 is 2.72 bits per heavy atom. The quantitative estimate of drug-likeness (QED) is 0.179. The number of aliphatic imine (C=N–C) groups is 1. The second kappa shape index (κ2) is 14.6. The molecule has 164 valence electrons. The van der Waals surface area contributed by atoms with Crippen LogP contribution in [0.15, 0.2) is 29.3 Å². The van der Waals surface area contributed by atoms with Crippen LogP contribution in [0, 0.1) is 11.8 Å². The first-order valence-electron chi connectivity index (χ1n) is 10.6. The molecule has 1 amide bonds. The van der Waals surface area contributed by atoms with E-state index in [9.17, 15) is 4.79 Å². The molecular formula is C22H37IN4O2. The number of nitrogens with zero attached hydrogens (tertiary/aromatic N) is 1. The molecule has 0 spiro atoms. The van der Waals surface area contributed by atoms with Crippen molar-refractivity contribution in [3.8, 4) is 0 Å². The molecular weight excluding hydrogens is 479 g/mol. The van der Waals surface area contributed by atoms with Crippen LogP contribution in [-0.2, 0) is 16.1 Å². The number of rotatable bonds is 11. The number of carbonyl (C=O) groups excluding carboxylic acids is 1. The number of anilines is 1. The third-order valence-electron chi connectivity index (χ3n) is 4.64. The topological polar surface area (TPSA) is 74.8 Å². The van der Waals surface area contributed by atoms with E-state index in [4.69, 9.17) is 4.74 Å². The van der Waals surface area contributed by atoms with Gasteiger partial charge in [-0.2, -0.15) is 0 Å². The van der Waals surface area contributed by atoms with Crippen LogP contribution in [0.1, 0.15) is 52.0 Å². The first-order chi connectivity index (χ1) is 13.6. The van der Waals surface area contributed by atoms with Crippen molar-refractivity contribution >= 4 is 41.5 Å². The van der Waals surface area contributed by atoms with Gasteiger partial charge < -0.3 is 20.7 Å². The minimum absolute atomic E-state index is 0. The van der Waals surface area contributed by atoms with E-state index in [2.05, 4.69) is 41.7 Å². The molecule has 0 aliphatic heterocycles. The lowest BCUT2D eigenvalue weighted by molar-refractivity contribution is -0.122. The third-order valence-corrected chi connectivity index (χ3v) is 4.64. The summed E-state index contributed by atoms with van der Waals surface area (Å²) < 4.78 is 5.61. The molecule has 0 aromatic heterocycles. The van der Waals surface area contributed by atoms with Gasteiger partial charge in [0.1, 0.15) is 0 Å². The summed E-state index contributed by atoms with van der Waals surface area (Å²) in [5.41, 5.74) is 1.92. The smallest absolute Gasteiger partial charge is 0.227 e. The van der Waals surface area contributed by atoms with E-state index in [0.717, 1.165) is 69.2 Å². The monoisotopic (exact) mass is 516 g/mol. The molecule has 29 heavy (non-hydrogen) atoms. The molecule has 1 fully saturated rings. The Kier molecular flexibility index (Phi) is 12.9. The Morgan fingerprint density at radius 1 is 1.28 bits per heavy atom. The molecule has 0 heterocycles. The van der Waals surface area contributed by atoms with Gasteiger partial charge in [0.2, 0.25) is 5.91 Å². The van der Waals surface area contributed by atoms with Gasteiger partial charge >= 0.3 is 0 Å². The van der Waals surface area contributed by atoms with E-state index in [-0.39, 0.29) is 35.8 Å². The largest absolute Gasteiger partial charge is 0.381 e. The molecule has 1 saturated carbocycles. The van der Waals surface area contributed by atoms with Crippen LogP contribution in [0.4, 0.5) is 5.69 Å². The third kappa shape index (κ3) is 10.3. The number of halogens is 1. The normalized spacial score (nSPS) is 14.1. The molecule has 3 N–H and O–H groups in total. The van der Waals surface area contributed by atoms with Crippen LogP contribution in [-0.4, -0.2) is 38.2 Å². The number of benzene rings is 1. The van der Waals surface area contributed by atoms with Gasteiger partial charge in [-0.05, 0) is 49.8 Å². The van der Waals surface area contributed by atoms with E-state index < -0.39 is 0 Å². The molecule has 1 aliphatic carbocycles. The highest BCUT2D eigenvalue weighted by Crippen LogP contribution is 2.27. The van der Waals surface area contributed by atoms with E-state index in [1.165, 1.54) is 0 Å². The van der Waals surface area contributed by atoms with Crippen LogP contribution < -0.4 is 16.0 Å². The SMILES string of the molecule is CCNC(=NCc1cccc(NC(=O)C2CCC2)c1)NCCCOCC(C)C.I. The minimum Gasteiger partial charge on any atom is -0.381 e. The number of ether oxygens (including phenoxy) is 1. The molecule has 6 nitrogen and oxygen atoms in total. The second-order valence-electron chi connectivity index (χ2n) is 7.76. The summed E-state index contributed by atoms with van der Waals surface area (Å²) in [4.78, 5) is 16.8. The number of carbonyl (C=O) groups is 1. The van der Waals surface area contributed by atoms with Gasteiger partial charge in [-0.25, -0.2) is 4.99 Å². The molecule has 0 saturated heterocycles. The standard InChI is InChI=1S/C22H36N4O2.HI/c1-4-23-22(24-12-7-13-28-16-17(2)3)25-15-18-8-5-11-20(14-18)26-21(27)19-9-6-10-19;/h5,8,11,14,17,19H,4,6-7,9-10,12-13,15-16H2,1-3H3,(H,26,27)(H2,23,24,25);1H. The zero-order chi connectivity index (χ0) is 20.2. The molecule has 0 unspecified atom stereocenters. The van der Waals surface area contributed by atoms with Gasteiger partial charge in [-0.1, -0.05) is 32.4 Å². The van der Waals surface area contributed by atoms with Crippen molar-refractivity contribution < 1.29 is 9.53 Å². The Balaban J connectivity index is 0.00000420. The average Bonchev–Trinajstić information content (AvgIpc) is 2.61. The molecule has 0 radical (unpaired) electrons. The summed E-state index contributed by atoms with van der Waals surface area (Å²) in [7, 11) is 0. The number of amides is 1. The lowest BCUT2D eigenvalue weighted by atomic mass is 9.85. The highest BCUT2D eigenvalue weighted by molar-refractivity contribution is 14.0. The first kappa shape index (κ1) is 25.7. The van der Waals surface area contributed by atoms with Crippen molar-refractivity contribution in [3.05, 3.63) is 29.8 Å². The van der Waals surface area contributed by atoms with Crippen molar-refractivity contribution in [2.24, 2.45) is 16.8 Å². The van der Waals surface area contributed by atoms with Crippen molar-refractivity contribution in [3.63, 3.8) is 0 Å². The van der Waals surface area contributed by atoms with Gasteiger partial charge in [0.15, 0.2) is 5.96 Å². The van der Waals surface area contributed by atoms with Gasteiger partial charge in [-0.3, -0.25) is 4.79 Å². The van der Waals surface area contributed by atoms with E-state index in [1.54, 1.807) is 0 Å².